The van der Waals surface area contributed by atoms with E-state index in [4.69, 9.17) is 11.6 Å². The maximum absolute atomic E-state index is 12.7. The molecule has 1 heterocycles. The van der Waals surface area contributed by atoms with Gasteiger partial charge in [0.25, 0.3) is 5.91 Å². The predicted octanol–water partition coefficient (Wildman–Crippen LogP) is 3.29. The summed E-state index contributed by atoms with van der Waals surface area (Å²) in [6.45, 7) is 8.77. The Hall–Kier alpha value is -1.11. The van der Waals surface area contributed by atoms with E-state index < -0.39 is 15.6 Å². The average Bonchev–Trinajstić information content (AvgIpc) is 2.44. The summed E-state index contributed by atoms with van der Waals surface area (Å²) >= 11 is 6.08. The molecule has 0 aromatic heterocycles. The minimum Gasteiger partial charge on any atom is -0.338 e. The maximum atomic E-state index is 12.7. The molecule has 1 fully saturated rings. The Labute approximate surface area is 149 Å². The third-order valence-electron chi connectivity index (χ3n) is 3.85. The van der Waals surface area contributed by atoms with Crippen LogP contribution in [-0.4, -0.2) is 37.9 Å². The summed E-state index contributed by atoms with van der Waals surface area (Å²) in [7, 11) is -3.80. The zero-order valence-corrected chi connectivity index (χ0v) is 16.2. The quantitative estimate of drug-likeness (QED) is 0.885. The Morgan fingerprint density at radius 2 is 2.00 bits per heavy atom. The molecule has 1 aliphatic heterocycles. The van der Waals surface area contributed by atoms with E-state index in [1.807, 2.05) is 0 Å². The van der Waals surface area contributed by atoms with Crippen molar-refractivity contribution in [2.24, 2.45) is 5.92 Å². The highest BCUT2D eigenvalue weighted by Crippen LogP contribution is 2.25. The summed E-state index contributed by atoms with van der Waals surface area (Å²) in [5, 5.41) is 0.107. The Balaban J connectivity index is 2.33. The minimum atomic E-state index is -3.80. The molecule has 0 spiro atoms. The van der Waals surface area contributed by atoms with Crippen LogP contribution >= 0.6 is 11.6 Å². The molecule has 0 aliphatic carbocycles. The average molecular weight is 373 g/mol. The van der Waals surface area contributed by atoms with Crippen LogP contribution in [0.1, 0.15) is 50.9 Å². The first kappa shape index (κ1) is 19.2. The Kier molecular flexibility index (Phi) is 5.62. The lowest BCUT2D eigenvalue weighted by Crippen LogP contribution is -2.41. The maximum Gasteiger partial charge on any atom is 0.253 e. The molecule has 0 bridgehead atoms. The molecule has 1 aromatic rings. The number of halogens is 1. The summed E-state index contributed by atoms with van der Waals surface area (Å²) in [5.74, 6) is 0.311. The van der Waals surface area contributed by atoms with Crippen LogP contribution in [0.3, 0.4) is 0 Å². The van der Waals surface area contributed by atoms with Gasteiger partial charge in [0.2, 0.25) is 10.0 Å². The second-order valence-corrected chi connectivity index (χ2v) is 9.56. The molecule has 1 aliphatic rings. The van der Waals surface area contributed by atoms with Gasteiger partial charge in [0.15, 0.2) is 0 Å². The van der Waals surface area contributed by atoms with Crippen molar-refractivity contribution < 1.29 is 13.2 Å². The second-order valence-electron chi connectivity index (χ2n) is 7.50. The van der Waals surface area contributed by atoms with Crippen LogP contribution in [0.2, 0.25) is 5.02 Å². The fourth-order valence-electron chi connectivity index (χ4n) is 2.86. The monoisotopic (exact) mass is 372 g/mol. The van der Waals surface area contributed by atoms with Crippen LogP contribution < -0.4 is 4.72 Å². The van der Waals surface area contributed by atoms with E-state index in [1.165, 1.54) is 12.1 Å². The number of hydrogen-bond acceptors (Lipinski definition) is 3. The summed E-state index contributed by atoms with van der Waals surface area (Å²) in [4.78, 5) is 14.4. The summed E-state index contributed by atoms with van der Waals surface area (Å²) < 4.78 is 27.7. The van der Waals surface area contributed by atoms with Crippen LogP contribution in [0.5, 0.6) is 0 Å². The smallest absolute Gasteiger partial charge is 0.253 e. The number of carbonyl (C=O) groups excluding carboxylic acids is 1. The number of sulfonamides is 1. The Morgan fingerprint density at radius 1 is 1.33 bits per heavy atom. The summed E-state index contributed by atoms with van der Waals surface area (Å²) in [5.41, 5.74) is -0.285. The van der Waals surface area contributed by atoms with Gasteiger partial charge in [0, 0.05) is 24.2 Å². The molecule has 1 aromatic carbocycles. The van der Waals surface area contributed by atoms with Gasteiger partial charge < -0.3 is 4.90 Å². The number of carbonyl (C=O) groups is 1. The largest absolute Gasteiger partial charge is 0.338 e. The van der Waals surface area contributed by atoms with Gasteiger partial charge in [-0.25, -0.2) is 13.1 Å². The number of benzene rings is 1. The van der Waals surface area contributed by atoms with E-state index in [0.717, 1.165) is 12.8 Å². The van der Waals surface area contributed by atoms with Gasteiger partial charge in [-0.2, -0.15) is 0 Å². The van der Waals surface area contributed by atoms with Crippen molar-refractivity contribution in [3.8, 4) is 0 Å². The van der Waals surface area contributed by atoms with Crippen molar-refractivity contribution in [3.05, 3.63) is 28.8 Å². The van der Waals surface area contributed by atoms with Gasteiger partial charge in [-0.1, -0.05) is 18.5 Å². The standard InChI is InChI=1S/C17H25ClN2O3S/c1-12-6-5-9-20(11-12)16(21)13-7-8-14(18)15(10-13)24(22,23)19-17(2,3)4/h7-8,10,12,19H,5-6,9,11H2,1-4H3. The first-order chi connectivity index (χ1) is 11.0. The molecule has 1 N–H and O–H groups in total. The van der Waals surface area contributed by atoms with Gasteiger partial charge in [-0.3, -0.25) is 4.79 Å². The normalized spacial score (nSPS) is 19.4. The highest BCUT2D eigenvalue weighted by Gasteiger charge is 2.27. The highest BCUT2D eigenvalue weighted by molar-refractivity contribution is 7.89. The first-order valence-electron chi connectivity index (χ1n) is 8.12. The fourth-order valence-corrected chi connectivity index (χ4v) is 4.80. The van der Waals surface area contributed by atoms with Crippen LogP contribution in [0.15, 0.2) is 23.1 Å². The van der Waals surface area contributed by atoms with Crippen molar-refractivity contribution in [1.29, 1.82) is 0 Å². The van der Waals surface area contributed by atoms with Crippen LogP contribution in [0, 0.1) is 5.92 Å². The van der Waals surface area contributed by atoms with Gasteiger partial charge >= 0.3 is 0 Å². The highest BCUT2D eigenvalue weighted by atomic mass is 35.5. The van der Waals surface area contributed by atoms with Gasteiger partial charge in [0.05, 0.1) is 5.02 Å². The molecule has 1 saturated heterocycles. The molecule has 2 rings (SSSR count). The van der Waals surface area contributed by atoms with Crippen molar-refractivity contribution in [1.82, 2.24) is 9.62 Å². The molecule has 5 nitrogen and oxygen atoms in total. The number of nitrogens with one attached hydrogen (secondary N) is 1. The second kappa shape index (κ2) is 7.02. The Morgan fingerprint density at radius 3 is 2.58 bits per heavy atom. The zero-order chi connectivity index (χ0) is 18.1. The predicted molar refractivity (Wildman–Crippen MR) is 95.8 cm³/mol. The molecule has 7 heteroatoms. The summed E-state index contributed by atoms with van der Waals surface area (Å²) in [6, 6.07) is 4.43. The zero-order valence-electron chi connectivity index (χ0n) is 14.6. The third-order valence-corrected chi connectivity index (χ3v) is 6.09. The van der Waals surface area contributed by atoms with E-state index in [9.17, 15) is 13.2 Å². The van der Waals surface area contributed by atoms with Gasteiger partial charge in [0.1, 0.15) is 4.90 Å². The lowest BCUT2D eigenvalue weighted by molar-refractivity contribution is 0.0683. The number of rotatable bonds is 3. The van der Waals surface area contributed by atoms with E-state index in [1.54, 1.807) is 31.7 Å². The van der Waals surface area contributed by atoms with Crippen molar-refractivity contribution in [3.63, 3.8) is 0 Å². The van der Waals surface area contributed by atoms with Crippen LogP contribution in [0.4, 0.5) is 0 Å². The number of piperidine rings is 1. The fraction of sp³-hybridized carbons (Fsp3) is 0.588. The SMILES string of the molecule is CC1CCCN(C(=O)c2ccc(Cl)c(S(=O)(=O)NC(C)(C)C)c2)C1. The van der Waals surface area contributed by atoms with Crippen LogP contribution in [-0.2, 0) is 10.0 Å². The number of amides is 1. The van der Waals surface area contributed by atoms with Crippen molar-refractivity contribution in [2.45, 2.75) is 51.0 Å². The van der Waals surface area contributed by atoms with E-state index in [2.05, 4.69) is 11.6 Å². The molecule has 0 radical (unpaired) electrons. The molecule has 24 heavy (non-hydrogen) atoms. The summed E-state index contributed by atoms with van der Waals surface area (Å²) in [6.07, 6.45) is 2.08. The number of likely N-dealkylation sites (tertiary alicyclic amines) is 1. The molecule has 1 unspecified atom stereocenters. The van der Waals surface area contributed by atoms with E-state index in [0.29, 0.717) is 24.6 Å². The Bertz CT molecular complexity index is 726. The molecule has 1 atom stereocenters. The molecular formula is C17H25ClN2O3S. The molecule has 0 saturated carbocycles. The first-order valence-corrected chi connectivity index (χ1v) is 9.98. The molecular weight excluding hydrogens is 348 g/mol. The number of nitrogens with zero attached hydrogens (tertiary/aromatic N) is 1. The van der Waals surface area contributed by atoms with Crippen molar-refractivity contribution in [2.75, 3.05) is 13.1 Å². The lowest BCUT2D eigenvalue weighted by atomic mass is 9.99. The third kappa shape index (κ3) is 4.71. The van der Waals surface area contributed by atoms with Crippen LogP contribution in [0.25, 0.3) is 0 Å². The molecule has 134 valence electrons. The van der Waals surface area contributed by atoms with E-state index in [-0.39, 0.29) is 15.8 Å². The minimum absolute atomic E-state index is 0.0602. The van der Waals surface area contributed by atoms with Crippen molar-refractivity contribution >= 4 is 27.5 Å². The van der Waals surface area contributed by atoms with E-state index >= 15 is 0 Å². The lowest BCUT2D eigenvalue weighted by Gasteiger charge is -2.31. The number of hydrogen-bond donors (Lipinski definition) is 1. The van der Waals surface area contributed by atoms with Gasteiger partial charge in [-0.05, 0) is 57.7 Å². The topological polar surface area (TPSA) is 66.5 Å². The molecule has 1 amide bonds. The van der Waals surface area contributed by atoms with Gasteiger partial charge in [-0.15, -0.1) is 0 Å².